The van der Waals surface area contributed by atoms with Gasteiger partial charge in [-0.25, -0.2) is 0 Å². The molecule has 0 aliphatic carbocycles. The molecule has 2 aromatic carbocycles. The van der Waals surface area contributed by atoms with E-state index in [2.05, 4.69) is 0 Å². The number of ketones is 1. The molecule has 3 nitrogen and oxygen atoms in total. The van der Waals surface area contributed by atoms with Gasteiger partial charge in [0.1, 0.15) is 5.92 Å². The molecular weight excluding hydrogens is 402 g/mol. The Balaban J connectivity index is 2.72. The summed E-state index contributed by atoms with van der Waals surface area (Å²) in [5, 5.41) is 0. The van der Waals surface area contributed by atoms with Gasteiger partial charge in [-0.15, -0.1) is 0 Å². The largest absolute Gasteiger partial charge is 0.465 e. The van der Waals surface area contributed by atoms with Crippen LogP contribution in [0.2, 0.25) is 0 Å². The topological polar surface area (TPSA) is 43.4 Å². The average Bonchev–Trinajstić information content (AvgIpc) is 2.65. The third-order valence-corrected chi connectivity index (χ3v) is 4.00. The molecule has 29 heavy (non-hydrogen) atoms. The molecule has 2 aromatic rings. The number of hydrogen-bond acceptors (Lipinski definition) is 3. The number of esters is 1. The molecule has 0 radical (unpaired) electrons. The molecule has 1 unspecified atom stereocenters. The van der Waals surface area contributed by atoms with Crippen molar-refractivity contribution in [3.8, 4) is 0 Å². The number of benzene rings is 2. The number of carbonyl (C=O) groups is 2. The second-order valence-corrected chi connectivity index (χ2v) is 6.10. The van der Waals surface area contributed by atoms with Crippen molar-refractivity contribution in [3.05, 3.63) is 70.8 Å². The van der Waals surface area contributed by atoms with E-state index in [0.717, 1.165) is 0 Å². The molecule has 0 N–H and O–H groups in total. The highest BCUT2D eigenvalue weighted by Gasteiger charge is 2.45. The van der Waals surface area contributed by atoms with Gasteiger partial charge in [0.15, 0.2) is 5.78 Å². The number of hydrogen-bond donors (Lipinski definition) is 0. The maximum absolute atomic E-state index is 13.4. The molecule has 9 heteroatoms. The van der Waals surface area contributed by atoms with Crippen molar-refractivity contribution in [2.24, 2.45) is 0 Å². The van der Waals surface area contributed by atoms with E-state index >= 15 is 0 Å². The van der Waals surface area contributed by atoms with Crippen molar-refractivity contribution in [3.63, 3.8) is 0 Å². The summed E-state index contributed by atoms with van der Waals surface area (Å²) >= 11 is 0. The molecule has 1 atom stereocenters. The predicted molar refractivity (Wildman–Crippen MR) is 91.2 cm³/mol. The Kier molecular flexibility index (Phi) is 6.71. The van der Waals surface area contributed by atoms with Crippen LogP contribution in [0.15, 0.2) is 48.5 Å². The van der Waals surface area contributed by atoms with Crippen LogP contribution in [0.5, 0.6) is 0 Å². The van der Waals surface area contributed by atoms with E-state index in [0.29, 0.717) is 24.6 Å². The van der Waals surface area contributed by atoms with E-state index in [-0.39, 0.29) is 12.2 Å². The van der Waals surface area contributed by atoms with Gasteiger partial charge in [-0.05, 0) is 24.1 Å². The Morgan fingerprint density at radius 2 is 1.38 bits per heavy atom. The third-order valence-electron chi connectivity index (χ3n) is 4.00. The Morgan fingerprint density at radius 3 is 1.83 bits per heavy atom. The molecule has 0 saturated heterocycles. The normalized spacial score (nSPS) is 13.1. The van der Waals surface area contributed by atoms with Crippen LogP contribution in [0.4, 0.5) is 26.3 Å². The van der Waals surface area contributed by atoms with Gasteiger partial charge < -0.3 is 4.74 Å². The number of alkyl halides is 6. The van der Waals surface area contributed by atoms with Crippen LogP contribution in [0.3, 0.4) is 0 Å². The summed E-state index contributed by atoms with van der Waals surface area (Å²) in [5.41, 5.74) is -5.19. The van der Waals surface area contributed by atoms with Crippen LogP contribution in [-0.2, 0) is 21.9 Å². The summed E-state index contributed by atoms with van der Waals surface area (Å²) in [6.45, 7) is 1.51. The Labute approximate surface area is 162 Å². The fourth-order valence-corrected chi connectivity index (χ4v) is 2.76. The first-order chi connectivity index (χ1) is 13.5. The number of halogens is 6. The molecule has 0 aliphatic heterocycles. The van der Waals surface area contributed by atoms with Crippen LogP contribution in [-0.4, -0.2) is 18.4 Å². The van der Waals surface area contributed by atoms with Gasteiger partial charge in [0, 0.05) is 5.56 Å². The Bertz CT molecular complexity index is 840. The van der Waals surface area contributed by atoms with Crippen LogP contribution in [0, 0.1) is 0 Å². The van der Waals surface area contributed by atoms with Gasteiger partial charge in [-0.3, -0.25) is 9.59 Å². The van der Waals surface area contributed by atoms with Crippen molar-refractivity contribution in [1.82, 2.24) is 0 Å². The first-order valence-corrected chi connectivity index (χ1v) is 8.51. The van der Waals surface area contributed by atoms with Crippen LogP contribution in [0.25, 0.3) is 0 Å². The van der Waals surface area contributed by atoms with Crippen LogP contribution in [0.1, 0.15) is 46.3 Å². The lowest BCUT2D eigenvalue weighted by atomic mass is 9.85. The predicted octanol–water partition coefficient (Wildman–Crippen LogP) is 5.64. The number of rotatable bonds is 6. The molecule has 0 bridgehead atoms. The number of ether oxygens (including phenoxy) is 1. The second-order valence-electron chi connectivity index (χ2n) is 6.10. The van der Waals surface area contributed by atoms with E-state index in [4.69, 9.17) is 4.74 Å². The number of Topliss-reactive ketones (excluding diaryl/α,β-unsaturated/α-hetero) is 1. The van der Waals surface area contributed by atoms with Crippen molar-refractivity contribution < 1.29 is 40.7 Å². The summed E-state index contributed by atoms with van der Waals surface area (Å²) in [6.07, 6.45) is -10.1. The van der Waals surface area contributed by atoms with Gasteiger partial charge in [-0.2, -0.15) is 26.3 Å². The minimum Gasteiger partial charge on any atom is -0.465 e. The van der Waals surface area contributed by atoms with Crippen LogP contribution < -0.4 is 0 Å². The SMILES string of the molecule is CCCOC(=O)C(C(=O)c1c(C(F)(F)F)cccc1C(F)(F)F)c1ccccc1. The Morgan fingerprint density at radius 1 is 0.862 bits per heavy atom. The van der Waals surface area contributed by atoms with E-state index in [9.17, 15) is 35.9 Å². The van der Waals surface area contributed by atoms with Crippen LogP contribution >= 0.6 is 0 Å². The van der Waals surface area contributed by atoms with E-state index in [1.54, 1.807) is 6.92 Å². The molecular formula is C20H16F6O3. The van der Waals surface area contributed by atoms with Crippen molar-refractivity contribution in [1.29, 1.82) is 0 Å². The summed E-state index contributed by atoms with van der Waals surface area (Å²) < 4.78 is 85.3. The molecule has 0 spiro atoms. The summed E-state index contributed by atoms with van der Waals surface area (Å²) in [6, 6.07) is 8.18. The second kappa shape index (κ2) is 8.67. The fourth-order valence-electron chi connectivity index (χ4n) is 2.76. The van der Waals surface area contributed by atoms with Crippen molar-refractivity contribution in [2.45, 2.75) is 31.6 Å². The van der Waals surface area contributed by atoms with Gasteiger partial charge in [0.05, 0.1) is 17.7 Å². The first-order valence-electron chi connectivity index (χ1n) is 8.51. The molecule has 0 heterocycles. The lowest BCUT2D eigenvalue weighted by molar-refractivity contribution is -0.146. The summed E-state index contributed by atoms with van der Waals surface area (Å²) in [5.74, 6) is -4.81. The molecule has 2 rings (SSSR count). The molecule has 156 valence electrons. The highest BCUT2D eigenvalue weighted by molar-refractivity contribution is 6.14. The molecule has 0 amide bonds. The molecule has 0 fully saturated rings. The third kappa shape index (κ3) is 5.16. The zero-order valence-corrected chi connectivity index (χ0v) is 15.1. The zero-order valence-electron chi connectivity index (χ0n) is 15.1. The van der Waals surface area contributed by atoms with Gasteiger partial charge in [0.2, 0.25) is 0 Å². The monoisotopic (exact) mass is 418 g/mol. The maximum Gasteiger partial charge on any atom is 0.417 e. The lowest BCUT2D eigenvalue weighted by Crippen LogP contribution is -2.29. The fraction of sp³-hybridized carbons (Fsp3) is 0.300. The molecule has 0 saturated carbocycles. The minimum absolute atomic E-state index is 0.0660. The van der Waals surface area contributed by atoms with Crippen molar-refractivity contribution in [2.75, 3.05) is 6.61 Å². The smallest absolute Gasteiger partial charge is 0.417 e. The minimum atomic E-state index is -5.24. The number of carbonyl (C=O) groups excluding carboxylic acids is 2. The standard InChI is InChI=1S/C20H16F6O3/c1-2-11-29-18(28)15(12-7-4-3-5-8-12)17(27)16-13(19(21,22)23)9-6-10-14(16)20(24,25)26/h3-10,15H,2,11H2,1H3. The van der Waals surface area contributed by atoms with Gasteiger partial charge in [0.25, 0.3) is 0 Å². The quantitative estimate of drug-likeness (QED) is 0.264. The molecule has 0 aliphatic rings. The lowest BCUT2D eigenvalue weighted by Gasteiger charge is -2.21. The zero-order chi connectivity index (χ0) is 21.8. The summed E-state index contributed by atoms with van der Waals surface area (Å²) in [7, 11) is 0. The maximum atomic E-state index is 13.4. The van der Waals surface area contributed by atoms with Gasteiger partial charge in [-0.1, -0.05) is 43.3 Å². The van der Waals surface area contributed by atoms with Gasteiger partial charge >= 0.3 is 18.3 Å². The average molecular weight is 418 g/mol. The van der Waals surface area contributed by atoms with E-state index in [1.807, 2.05) is 0 Å². The van der Waals surface area contributed by atoms with E-state index < -0.39 is 46.7 Å². The van der Waals surface area contributed by atoms with E-state index in [1.165, 1.54) is 30.3 Å². The highest BCUT2D eigenvalue weighted by atomic mass is 19.4. The highest BCUT2D eigenvalue weighted by Crippen LogP contribution is 2.41. The first kappa shape index (κ1) is 22.4. The van der Waals surface area contributed by atoms with Crippen molar-refractivity contribution >= 4 is 11.8 Å². The summed E-state index contributed by atoms with van der Waals surface area (Å²) in [4.78, 5) is 25.4. The Hall–Kier alpha value is -2.84. The molecule has 0 aromatic heterocycles.